The second-order valence-corrected chi connectivity index (χ2v) is 4.16. The minimum atomic E-state index is 0.630. The molecule has 0 aromatic carbocycles. The van der Waals surface area contributed by atoms with Crippen LogP contribution in [0.15, 0.2) is 0 Å². The van der Waals surface area contributed by atoms with E-state index in [-0.39, 0.29) is 0 Å². The van der Waals surface area contributed by atoms with Crippen LogP contribution in [0, 0.1) is 0 Å². The molecule has 0 aliphatic heterocycles. The van der Waals surface area contributed by atoms with Crippen molar-refractivity contribution in [2.45, 2.75) is 39.5 Å². The third kappa shape index (κ3) is 15.8. The minimum Gasteiger partial charge on any atom is -0.379 e. The summed E-state index contributed by atoms with van der Waals surface area (Å²) >= 11 is 0. The molecule has 0 saturated carbocycles. The molecule has 0 saturated heterocycles. The van der Waals surface area contributed by atoms with Crippen LogP contribution in [-0.2, 0) is 18.9 Å². The van der Waals surface area contributed by atoms with E-state index in [4.69, 9.17) is 18.9 Å². The fraction of sp³-hybridized carbons (Fsp3) is 1.00. The van der Waals surface area contributed by atoms with E-state index in [0.29, 0.717) is 39.6 Å². The lowest BCUT2D eigenvalue weighted by Gasteiger charge is -2.07. The highest BCUT2D eigenvalue weighted by atomic mass is 16.6. The lowest BCUT2D eigenvalue weighted by atomic mass is 10.3. The molecule has 0 bridgehead atoms. The maximum absolute atomic E-state index is 5.42. The van der Waals surface area contributed by atoms with E-state index < -0.39 is 0 Å². The van der Waals surface area contributed by atoms with E-state index in [1.807, 2.05) is 0 Å². The van der Waals surface area contributed by atoms with Crippen molar-refractivity contribution in [3.63, 3.8) is 0 Å². The highest BCUT2D eigenvalue weighted by Gasteiger charge is 1.92. The van der Waals surface area contributed by atoms with Crippen LogP contribution in [0.25, 0.3) is 0 Å². The van der Waals surface area contributed by atoms with Crippen LogP contribution in [0.1, 0.15) is 39.5 Å². The maximum atomic E-state index is 5.42. The average Bonchev–Trinajstić information content (AvgIpc) is 2.39. The van der Waals surface area contributed by atoms with Crippen molar-refractivity contribution in [3.05, 3.63) is 0 Å². The summed E-state index contributed by atoms with van der Waals surface area (Å²) in [6.45, 7) is 9.88. The predicted molar refractivity (Wildman–Crippen MR) is 73.1 cm³/mol. The summed E-state index contributed by atoms with van der Waals surface area (Å²) in [6.07, 6.45) is 4.69. The predicted octanol–water partition coefficient (Wildman–Crippen LogP) is 2.65. The van der Waals surface area contributed by atoms with Crippen molar-refractivity contribution in [1.82, 2.24) is 0 Å². The molecule has 4 nitrogen and oxygen atoms in total. The fourth-order valence-electron chi connectivity index (χ4n) is 1.36. The highest BCUT2D eigenvalue weighted by Crippen LogP contribution is 1.93. The zero-order valence-electron chi connectivity index (χ0n) is 12.1. The summed E-state index contributed by atoms with van der Waals surface area (Å²) in [5, 5.41) is 0. The second kappa shape index (κ2) is 16.8. The number of hydrogen-bond donors (Lipinski definition) is 0. The fourth-order valence-corrected chi connectivity index (χ4v) is 1.36. The summed E-state index contributed by atoms with van der Waals surface area (Å²) in [4.78, 5) is 0. The molecule has 0 aromatic rings. The first-order valence-electron chi connectivity index (χ1n) is 7.22. The van der Waals surface area contributed by atoms with Crippen molar-refractivity contribution in [1.29, 1.82) is 0 Å². The number of unbranched alkanes of at least 4 members (excludes halogenated alkanes) is 2. The van der Waals surface area contributed by atoms with Crippen LogP contribution in [0.2, 0.25) is 0 Å². The topological polar surface area (TPSA) is 36.9 Å². The van der Waals surface area contributed by atoms with Gasteiger partial charge in [-0.2, -0.15) is 0 Å². The molecule has 0 rings (SSSR count). The van der Waals surface area contributed by atoms with Gasteiger partial charge in [0.05, 0.1) is 39.6 Å². The SMILES string of the molecule is CCCCCOCCOCCOCCOCCC. The van der Waals surface area contributed by atoms with E-state index >= 15 is 0 Å². The number of hydrogen-bond acceptors (Lipinski definition) is 4. The third-order valence-electron chi connectivity index (χ3n) is 2.36. The van der Waals surface area contributed by atoms with Crippen LogP contribution >= 0.6 is 0 Å². The lowest BCUT2D eigenvalue weighted by Crippen LogP contribution is -2.12. The Balaban J connectivity index is 2.86. The van der Waals surface area contributed by atoms with Gasteiger partial charge in [0.25, 0.3) is 0 Å². The molecule has 4 heteroatoms. The van der Waals surface area contributed by atoms with E-state index in [9.17, 15) is 0 Å². The quantitative estimate of drug-likeness (QED) is 0.425. The van der Waals surface area contributed by atoms with Crippen molar-refractivity contribution in [3.8, 4) is 0 Å². The first kappa shape index (κ1) is 17.8. The highest BCUT2D eigenvalue weighted by molar-refractivity contribution is 4.37. The Morgan fingerprint density at radius 2 is 0.889 bits per heavy atom. The maximum Gasteiger partial charge on any atom is 0.0701 e. The number of rotatable bonds is 15. The van der Waals surface area contributed by atoms with E-state index in [1.54, 1.807) is 0 Å². The molecule has 0 spiro atoms. The van der Waals surface area contributed by atoms with Gasteiger partial charge in [-0.15, -0.1) is 0 Å². The zero-order valence-corrected chi connectivity index (χ0v) is 12.1. The van der Waals surface area contributed by atoms with Gasteiger partial charge in [-0.25, -0.2) is 0 Å². The molecule has 0 aromatic heterocycles. The Hall–Kier alpha value is -0.160. The zero-order chi connectivity index (χ0) is 13.3. The number of ether oxygens (including phenoxy) is 4. The Morgan fingerprint density at radius 1 is 0.444 bits per heavy atom. The second-order valence-electron chi connectivity index (χ2n) is 4.16. The third-order valence-corrected chi connectivity index (χ3v) is 2.36. The molecule has 0 heterocycles. The summed E-state index contributed by atoms with van der Waals surface area (Å²) in [5.74, 6) is 0. The van der Waals surface area contributed by atoms with Crippen molar-refractivity contribution in [2.24, 2.45) is 0 Å². The molecule has 0 N–H and O–H groups in total. The van der Waals surface area contributed by atoms with Gasteiger partial charge in [0.1, 0.15) is 0 Å². The lowest BCUT2D eigenvalue weighted by molar-refractivity contribution is -0.00203. The van der Waals surface area contributed by atoms with Crippen molar-refractivity contribution < 1.29 is 18.9 Å². The summed E-state index contributed by atoms with van der Waals surface area (Å²) in [5.41, 5.74) is 0. The van der Waals surface area contributed by atoms with Crippen molar-refractivity contribution >= 4 is 0 Å². The van der Waals surface area contributed by atoms with Crippen LogP contribution in [0.3, 0.4) is 0 Å². The Labute approximate surface area is 112 Å². The van der Waals surface area contributed by atoms with Gasteiger partial charge in [-0.1, -0.05) is 26.7 Å². The molecule has 0 atom stereocenters. The van der Waals surface area contributed by atoms with Crippen LogP contribution in [0.4, 0.5) is 0 Å². The summed E-state index contributed by atoms with van der Waals surface area (Å²) < 4.78 is 21.4. The average molecular weight is 262 g/mol. The molecule has 0 aliphatic carbocycles. The van der Waals surface area contributed by atoms with Gasteiger partial charge in [0.2, 0.25) is 0 Å². The summed E-state index contributed by atoms with van der Waals surface area (Å²) in [6, 6.07) is 0. The minimum absolute atomic E-state index is 0.630. The van der Waals surface area contributed by atoms with Gasteiger partial charge in [-0.05, 0) is 12.8 Å². The molecule has 0 unspecified atom stereocenters. The summed E-state index contributed by atoms with van der Waals surface area (Å²) in [7, 11) is 0. The first-order chi connectivity index (χ1) is 8.91. The normalized spacial score (nSPS) is 11.0. The molecular weight excluding hydrogens is 232 g/mol. The molecular formula is C14H30O4. The van der Waals surface area contributed by atoms with E-state index in [2.05, 4.69) is 13.8 Å². The van der Waals surface area contributed by atoms with Crippen LogP contribution < -0.4 is 0 Å². The van der Waals surface area contributed by atoms with Crippen molar-refractivity contribution in [2.75, 3.05) is 52.9 Å². The smallest absolute Gasteiger partial charge is 0.0701 e. The monoisotopic (exact) mass is 262 g/mol. The van der Waals surface area contributed by atoms with E-state index in [1.165, 1.54) is 12.8 Å². The van der Waals surface area contributed by atoms with Gasteiger partial charge in [0, 0.05) is 13.2 Å². The van der Waals surface area contributed by atoms with Crippen LogP contribution in [0.5, 0.6) is 0 Å². The van der Waals surface area contributed by atoms with Gasteiger partial charge in [-0.3, -0.25) is 0 Å². The molecule has 0 aliphatic rings. The molecule has 110 valence electrons. The van der Waals surface area contributed by atoms with Gasteiger partial charge < -0.3 is 18.9 Å². The van der Waals surface area contributed by atoms with E-state index in [0.717, 1.165) is 26.1 Å². The Kier molecular flexibility index (Phi) is 16.7. The largest absolute Gasteiger partial charge is 0.379 e. The van der Waals surface area contributed by atoms with Gasteiger partial charge >= 0.3 is 0 Å². The Morgan fingerprint density at radius 3 is 1.33 bits per heavy atom. The molecule has 18 heavy (non-hydrogen) atoms. The van der Waals surface area contributed by atoms with Crippen LogP contribution in [-0.4, -0.2) is 52.9 Å². The molecule has 0 fully saturated rings. The standard InChI is InChI=1S/C14H30O4/c1-3-5-6-8-16-10-12-18-14-13-17-11-9-15-7-4-2/h3-14H2,1-2H3. The Bertz CT molecular complexity index is 126. The molecule has 0 radical (unpaired) electrons. The molecule has 0 amide bonds. The first-order valence-corrected chi connectivity index (χ1v) is 7.22. The van der Waals surface area contributed by atoms with Gasteiger partial charge in [0.15, 0.2) is 0 Å².